The second-order valence-corrected chi connectivity index (χ2v) is 5.56. The Kier molecular flexibility index (Phi) is 5.20. The number of pyridine rings is 1. The molecule has 3 heteroatoms. The number of rotatable bonds is 5. The molecule has 19 heavy (non-hydrogen) atoms. The van der Waals surface area contributed by atoms with Gasteiger partial charge in [-0.1, -0.05) is 26.3 Å². The van der Waals surface area contributed by atoms with Gasteiger partial charge in [-0.2, -0.15) is 0 Å². The average molecular weight is 261 g/mol. The summed E-state index contributed by atoms with van der Waals surface area (Å²) in [6.45, 7) is 10.8. The van der Waals surface area contributed by atoms with Crippen LogP contribution in [-0.2, 0) is 6.54 Å². The number of nitrogens with one attached hydrogen (secondary N) is 1. The van der Waals surface area contributed by atoms with Crippen LogP contribution in [0.4, 0.5) is 5.82 Å². The lowest BCUT2D eigenvalue weighted by atomic mass is 9.95. The molecule has 0 radical (unpaired) electrons. The summed E-state index contributed by atoms with van der Waals surface area (Å²) in [6, 6.07) is 4.42. The fourth-order valence-electron chi connectivity index (χ4n) is 2.81. The molecule has 0 bridgehead atoms. The van der Waals surface area contributed by atoms with Crippen molar-refractivity contribution in [1.82, 2.24) is 10.3 Å². The van der Waals surface area contributed by atoms with Gasteiger partial charge < -0.3 is 10.2 Å². The minimum absolute atomic E-state index is 0.845. The lowest BCUT2D eigenvalue weighted by molar-refractivity contribution is 0.403. The quantitative estimate of drug-likeness (QED) is 0.882. The molecule has 0 aromatic carbocycles. The lowest BCUT2D eigenvalue weighted by Crippen LogP contribution is -2.35. The smallest absolute Gasteiger partial charge is 0.128 e. The number of hydrogen-bond acceptors (Lipinski definition) is 3. The predicted octanol–water partition coefficient (Wildman–Crippen LogP) is 3.13. The number of hydrogen-bond donors (Lipinski definition) is 1. The van der Waals surface area contributed by atoms with Crippen LogP contribution in [0, 0.1) is 12.8 Å². The maximum absolute atomic E-state index is 4.80. The van der Waals surface area contributed by atoms with Crippen LogP contribution in [0.1, 0.15) is 44.4 Å². The van der Waals surface area contributed by atoms with Crippen LogP contribution in [0.2, 0.25) is 0 Å². The van der Waals surface area contributed by atoms with Gasteiger partial charge in [-0.15, -0.1) is 0 Å². The largest absolute Gasteiger partial charge is 0.356 e. The molecule has 1 aromatic rings. The average Bonchev–Trinajstić information content (AvgIpc) is 2.46. The van der Waals surface area contributed by atoms with E-state index in [1.807, 2.05) is 0 Å². The van der Waals surface area contributed by atoms with Crippen LogP contribution in [0.25, 0.3) is 0 Å². The van der Waals surface area contributed by atoms with Crippen LogP contribution >= 0.6 is 0 Å². The lowest BCUT2D eigenvalue weighted by Gasteiger charge is -2.33. The van der Waals surface area contributed by atoms with Crippen molar-refractivity contribution in [1.29, 1.82) is 0 Å². The molecule has 1 saturated heterocycles. The summed E-state index contributed by atoms with van der Waals surface area (Å²) in [6.07, 6.45) is 3.97. The molecule has 106 valence electrons. The molecule has 0 saturated carbocycles. The first-order valence-electron chi connectivity index (χ1n) is 7.66. The third-order valence-electron chi connectivity index (χ3n) is 4.17. The summed E-state index contributed by atoms with van der Waals surface area (Å²) >= 11 is 0. The van der Waals surface area contributed by atoms with Gasteiger partial charge in [0.2, 0.25) is 0 Å². The molecule has 2 heterocycles. The number of anilines is 1. The highest BCUT2D eigenvalue weighted by molar-refractivity contribution is 5.42. The number of nitrogens with zero attached hydrogens (tertiary/aromatic N) is 2. The zero-order valence-corrected chi connectivity index (χ0v) is 12.6. The summed E-state index contributed by atoms with van der Waals surface area (Å²) in [7, 11) is 0. The highest BCUT2D eigenvalue weighted by Crippen LogP contribution is 2.24. The van der Waals surface area contributed by atoms with Gasteiger partial charge in [-0.05, 0) is 43.9 Å². The zero-order chi connectivity index (χ0) is 13.7. The molecule has 0 amide bonds. The molecule has 1 aliphatic rings. The first kappa shape index (κ1) is 14.3. The van der Waals surface area contributed by atoms with Gasteiger partial charge in [0.05, 0.1) is 0 Å². The molecule has 3 nitrogen and oxygen atoms in total. The Morgan fingerprint density at radius 2 is 2.21 bits per heavy atom. The summed E-state index contributed by atoms with van der Waals surface area (Å²) in [5.74, 6) is 2.01. The van der Waals surface area contributed by atoms with Crippen molar-refractivity contribution < 1.29 is 0 Å². The van der Waals surface area contributed by atoms with Gasteiger partial charge in [0.1, 0.15) is 5.82 Å². The maximum atomic E-state index is 4.80. The standard InChI is InChI=1S/C16H27N3/c1-4-14-7-6-10-19(12-14)16-9-8-15(11-17-5-2)13(3)18-16/h8-9,14,17H,4-7,10-12H2,1-3H3. The molecule has 1 unspecified atom stereocenters. The summed E-state index contributed by atoms with van der Waals surface area (Å²) in [5.41, 5.74) is 2.48. The van der Waals surface area contributed by atoms with Crippen molar-refractivity contribution in [2.75, 3.05) is 24.5 Å². The Morgan fingerprint density at radius 3 is 2.89 bits per heavy atom. The van der Waals surface area contributed by atoms with Gasteiger partial charge in [0.25, 0.3) is 0 Å². The Morgan fingerprint density at radius 1 is 1.37 bits per heavy atom. The van der Waals surface area contributed by atoms with Gasteiger partial charge in [0.15, 0.2) is 0 Å². The Labute approximate surface area is 117 Å². The second-order valence-electron chi connectivity index (χ2n) is 5.56. The second kappa shape index (κ2) is 6.90. The molecular formula is C16H27N3. The van der Waals surface area contributed by atoms with Crippen molar-refractivity contribution >= 4 is 5.82 Å². The minimum Gasteiger partial charge on any atom is -0.356 e. The number of piperidine rings is 1. The van der Waals surface area contributed by atoms with Crippen molar-refractivity contribution in [3.8, 4) is 0 Å². The van der Waals surface area contributed by atoms with Crippen molar-refractivity contribution in [3.63, 3.8) is 0 Å². The molecule has 1 aliphatic heterocycles. The normalized spacial score (nSPS) is 19.7. The van der Waals surface area contributed by atoms with Crippen molar-refractivity contribution in [3.05, 3.63) is 23.4 Å². The fraction of sp³-hybridized carbons (Fsp3) is 0.688. The molecule has 1 N–H and O–H groups in total. The summed E-state index contributed by atoms with van der Waals surface area (Å²) < 4.78 is 0. The van der Waals surface area contributed by atoms with Crippen LogP contribution in [0.5, 0.6) is 0 Å². The van der Waals surface area contributed by atoms with Crippen molar-refractivity contribution in [2.24, 2.45) is 5.92 Å². The zero-order valence-electron chi connectivity index (χ0n) is 12.6. The van der Waals surface area contributed by atoms with E-state index in [4.69, 9.17) is 4.98 Å². The molecule has 0 spiro atoms. The van der Waals surface area contributed by atoms with E-state index in [1.165, 1.54) is 31.4 Å². The van der Waals surface area contributed by atoms with Gasteiger partial charge in [0, 0.05) is 25.3 Å². The van der Waals surface area contributed by atoms with E-state index >= 15 is 0 Å². The third kappa shape index (κ3) is 3.69. The highest BCUT2D eigenvalue weighted by atomic mass is 15.2. The molecule has 0 aliphatic carbocycles. The number of aromatic nitrogens is 1. The highest BCUT2D eigenvalue weighted by Gasteiger charge is 2.19. The molecule has 1 fully saturated rings. The number of aryl methyl sites for hydroxylation is 1. The topological polar surface area (TPSA) is 28.2 Å². The van der Waals surface area contributed by atoms with E-state index in [9.17, 15) is 0 Å². The van der Waals surface area contributed by atoms with Gasteiger partial charge >= 0.3 is 0 Å². The van der Waals surface area contributed by atoms with E-state index in [-0.39, 0.29) is 0 Å². The summed E-state index contributed by atoms with van der Waals surface area (Å²) in [5, 5.41) is 3.37. The Hall–Kier alpha value is -1.09. The van der Waals surface area contributed by atoms with Crippen LogP contribution in [0.15, 0.2) is 12.1 Å². The van der Waals surface area contributed by atoms with E-state index in [0.29, 0.717) is 0 Å². The molecular weight excluding hydrogens is 234 g/mol. The predicted molar refractivity (Wildman–Crippen MR) is 81.6 cm³/mol. The monoisotopic (exact) mass is 261 g/mol. The first-order chi connectivity index (χ1) is 9.24. The van der Waals surface area contributed by atoms with Crippen LogP contribution in [0.3, 0.4) is 0 Å². The van der Waals surface area contributed by atoms with Gasteiger partial charge in [-0.25, -0.2) is 4.98 Å². The van der Waals surface area contributed by atoms with E-state index in [2.05, 4.69) is 43.1 Å². The van der Waals surface area contributed by atoms with E-state index < -0.39 is 0 Å². The maximum Gasteiger partial charge on any atom is 0.128 e. The van der Waals surface area contributed by atoms with Crippen molar-refractivity contribution in [2.45, 2.75) is 46.6 Å². The first-order valence-corrected chi connectivity index (χ1v) is 7.66. The minimum atomic E-state index is 0.845. The van der Waals surface area contributed by atoms with Crippen LogP contribution in [-0.4, -0.2) is 24.6 Å². The summed E-state index contributed by atoms with van der Waals surface area (Å²) in [4.78, 5) is 7.26. The van der Waals surface area contributed by atoms with E-state index in [0.717, 1.165) is 37.1 Å². The van der Waals surface area contributed by atoms with Gasteiger partial charge in [-0.3, -0.25) is 0 Å². The Bertz CT molecular complexity index is 403. The SMILES string of the molecule is CCNCc1ccc(N2CCCC(CC)C2)nc1C. The van der Waals surface area contributed by atoms with Crippen LogP contribution < -0.4 is 10.2 Å². The molecule has 2 rings (SSSR count). The Balaban J connectivity index is 2.06. The van der Waals surface area contributed by atoms with E-state index in [1.54, 1.807) is 0 Å². The molecule has 1 atom stereocenters. The third-order valence-corrected chi connectivity index (χ3v) is 4.17. The fourth-order valence-corrected chi connectivity index (χ4v) is 2.81. The molecule has 1 aromatic heterocycles.